The molecule has 1 amide bonds. The zero-order valence-corrected chi connectivity index (χ0v) is 13.6. The second-order valence-electron chi connectivity index (χ2n) is 6.03. The predicted molar refractivity (Wildman–Crippen MR) is 83.1 cm³/mol. The fraction of sp³-hybridized carbons (Fsp3) is 0.867. The molecule has 1 saturated carbocycles. The summed E-state index contributed by atoms with van der Waals surface area (Å²) >= 11 is 0. The van der Waals surface area contributed by atoms with Crippen LogP contribution in [0.1, 0.15) is 45.4 Å². The number of carbonyl (C=O) groups is 2. The predicted octanol–water partition coefficient (Wildman–Crippen LogP) is 1.73. The number of amides is 1. The maximum atomic E-state index is 12.8. The lowest BCUT2D eigenvalue weighted by Gasteiger charge is -2.37. The van der Waals surface area contributed by atoms with E-state index in [2.05, 4.69) is 0 Å². The average molecular weight is 319 g/mol. The van der Waals surface area contributed by atoms with Gasteiger partial charge in [-0.2, -0.15) is 0 Å². The molecule has 2 rings (SSSR count). The van der Waals surface area contributed by atoms with Gasteiger partial charge < -0.3 is 15.4 Å². The van der Waals surface area contributed by atoms with Crippen molar-refractivity contribution in [1.29, 1.82) is 0 Å². The number of rotatable bonds is 4. The van der Waals surface area contributed by atoms with E-state index in [-0.39, 0.29) is 35.6 Å². The monoisotopic (exact) mass is 318 g/mol. The van der Waals surface area contributed by atoms with Crippen molar-refractivity contribution in [3.63, 3.8) is 0 Å². The van der Waals surface area contributed by atoms with Gasteiger partial charge in [-0.05, 0) is 32.6 Å². The van der Waals surface area contributed by atoms with Crippen LogP contribution in [0.25, 0.3) is 0 Å². The number of nitrogens with zero attached hydrogens (tertiary/aromatic N) is 1. The number of carbonyl (C=O) groups excluding carboxylic acids is 2. The first-order valence-electron chi connectivity index (χ1n) is 7.79. The molecule has 1 heterocycles. The molecule has 1 atom stereocenters. The largest absolute Gasteiger partial charge is 0.466 e. The summed E-state index contributed by atoms with van der Waals surface area (Å²) in [4.78, 5) is 26.5. The molecule has 21 heavy (non-hydrogen) atoms. The summed E-state index contributed by atoms with van der Waals surface area (Å²) in [6.45, 7) is 3.88. The third-order valence-corrected chi connectivity index (χ3v) is 4.73. The van der Waals surface area contributed by atoms with Crippen LogP contribution in [0, 0.1) is 11.3 Å². The normalized spacial score (nSPS) is 24.3. The van der Waals surface area contributed by atoms with Crippen molar-refractivity contribution in [2.45, 2.75) is 45.4 Å². The van der Waals surface area contributed by atoms with E-state index in [4.69, 9.17) is 10.5 Å². The van der Waals surface area contributed by atoms with E-state index in [0.717, 1.165) is 45.1 Å². The summed E-state index contributed by atoms with van der Waals surface area (Å²) in [7, 11) is 0. The zero-order chi connectivity index (χ0) is 14.6. The smallest absolute Gasteiger partial charge is 0.310 e. The first kappa shape index (κ1) is 18.2. The van der Waals surface area contributed by atoms with Crippen molar-refractivity contribution < 1.29 is 14.3 Å². The van der Waals surface area contributed by atoms with Crippen LogP contribution in [0.2, 0.25) is 0 Å². The third kappa shape index (κ3) is 3.89. The van der Waals surface area contributed by atoms with Crippen LogP contribution < -0.4 is 5.73 Å². The topological polar surface area (TPSA) is 72.6 Å². The first-order valence-corrected chi connectivity index (χ1v) is 7.79. The lowest BCUT2D eigenvalue weighted by Crippen LogP contribution is -2.51. The molecule has 2 fully saturated rings. The highest BCUT2D eigenvalue weighted by Crippen LogP contribution is 2.39. The molecule has 5 nitrogen and oxygen atoms in total. The first-order chi connectivity index (χ1) is 9.63. The second kappa shape index (κ2) is 7.99. The highest BCUT2D eigenvalue weighted by Gasteiger charge is 2.43. The van der Waals surface area contributed by atoms with Crippen LogP contribution in [0.15, 0.2) is 0 Å². The number of likely N-dealkylation sites (tertiary alicyclic amines) is 1. The Kier molecular flexibility index (Phi) is 6.94. The molecule has 0 aromatic heterocycles. The van der Waals surface area contributed by atoms with Gasteiger partial charge in [-0.25, -0.2) is 0 Å². The Balaban J connectivity index is 0.00000220. The van der Waals surface area contributed by atoms with Crippen LogP contribution in [0.5, 0.6) is 0 Å². The molecule has 122 valence electrons. The Hall–Kier alpha value is -0.810. The number of halogens is 1. The van der Waals surface area contributed by atoms with Gasteiger partial charge in [-0.1, -0.05) is 12.8 Å². The Morgan fingerprint density at radius 3 is 2.52 bits per heavy atom. The van der Waals surface area contributed by atoms with Gasteiger partial charge in [0.2, 0.25) is 5.91 Å². The number of hydrogen-bond donors (Lipinski definition) is 1. The summed E-state index contributed by atoms with van der Waals surface area (Å²) in [5.41, 5.74) is 5.51. The fourth-order valence-electron chi connectivity index (χ4n) is 3.51. The van der Waals surface area contributed by atoms with Gasteiger partial charge >= 0.3 is 5.97 Å². The number of esters is 1. The van der Waals surface area contributed by atoms with Gasteiger partial charge in [0.25, 0.3) is 0 Å². The van der Waals surface area contributed by atoms with Crippen molar-refractivity contribution >= 4 is 24.3 Å². The maximum absolute atomic E-state index is 12.8. The molecular formula is C15H27ClN2O3. The summed E-state index contributed by atoms with van der Waals surface area (Å²) in [5, 5.41) is 0. The lowest BCUT2D eigenvalue weighted by atomic mass is 9.83. The van der Waals surface area contributed by atoms with Crippen LogP contribution in [-0.2, 0) is 14.3 Å². The molecule has 2 N–H and O–H groups in total. The number of ether oxygens (including phenoxy) is 1. The minimum Gasteiger partial charge on any atom is -0.466 e. The van der Waals surface area contributed by atoms with Crippen molar-refractivity contribution in [2.75, 3.05) is 26.2 Å². The van der Waals surface area contributed by atoms with Gasteiger partial charge in [0, 0.05) is 19.6 Å². The zero-order valence-electron chi connectivity index (χ0n) is 12.8. The van der Waals surface area contributed by atoms with Gasteiger partial charge in [0.15, 0.2) is 0 Å². The highest BCUT2D eigenvalue weighted by molar-refractivity contribution is 5.85. The van der Waals surface area contributed by atoms with Gasteiger partial charge in [-0.3, -0.25) is 9.59 Å². The van der Waals surface area contributed by atoms with Gasteiger partial charge in [-0.15, -0.1) is 12.4 Å². The Morgan fingerprint density at radius 1 is 1.29 bits per heavy atom. The SMILES string of the molecule is CCOC(=O)C1CCCN(C(=O)C2(CN)CCCC2)C1.Cl. The number of hydrogen-bond acceptors (Lipinski definition) is 4. The van der Waals surface area contributed by atoms with Crippen LogP contribution in [0.3, 0.4) is 0 Å². The minimum absolute atomic E-state index is 0. The number of nitrogens with two attached hydrogens (primary N) is 1. The quantitative estimate of drug-likeness (QED) is 0.801. The van der Waals surface area contributed by atoms with Crippen molar-refractivity contribution in [1.82, 2.24) is 4.90 Å². The van der Waals surface area contributed by atoms with E-state index < -0.39 is 0 Å². The summed E-state index contributed by atoms with van der Waals surface area (Å²) in [5.74, 6) is -0.173. The van der Waals surface area contributed by atoms with E-state index in [1.165, 1.54) is 0 Å². The van der Waals surface area contributed by atoms with Gasteiger partial charge in [0.05, 0.1) is 17.9 Å². The average Bonchev–Trinajstić information content (AvgIpc) is 2.97. The maximum Gasteiger partial charge on any atom is 0.310 e. The minimum atomic E-state index is -0.365. The number of piperidine rings is 1. The van der Waals surface area contributed by atoms with Crippen molar-refractivity contribution in [3.05, 3.63) is 0 Å². The molecule has 2 aliphatic rings. The Morgan fingerprint density at radius 2 is 1.95 bits per heavy atom. The molecular weight excluding hydrogens is 292 g/mol. The van der Waals surface area contributed by atoms with E-state index >= 15 is 0 Å². The molecule has 1 saturated heterocycles. The van der Waals surface area contributed by atoms with Gasteiger partial charge in [0.1, 0.15) is 0 Å². The molecule has 0 bridgehead atoms. The Labute approximate surface area is 133 Å². The molecule has 0 aromatic carbocycles. The molecule has 6 heteroatoms. The highest BCUT2D eigenvalue weighted by atomic mass is 35.5. The standard InChI is InChI=1S/C15H26N2O3.ClH/c1-2-20-13(18)12-6-5-9-17(10-12)14(19)15(11-16)7-3-4-8-15;/h12H,2-11,16H2,1H3;1H. The summed E-state index contributed by atoms with van der Waals surface area (Å²) in [6.07, 6.45) is 5.64. The molecule has 1 unspecified atom stereocenters. The lowest BCUT2D eigenvalue weighted by molar-refractivity contribution is -0.153. The van der Waals surface area contributed by atoms with Crippen molar-refractivity contribution in [2.24, 2.45) is 17.1 Å². The van der Waals surface area contributed by atoms with E-state index in [1.54, 1.807) is 0 Å². The summed E-state index contributed by atoms with van der Waals surface area (Å²) in [6, 6.07) is 0. The van der Waals surface area contributed by atoms with E-state index in [9.17, 15) is 9.59 Å². The molecule has 1 aliphatic carbocycles. The molecule has 0 radical (unpaired) electrons. The van der Waals surface area contributed by atoms with Crippen molar-refractivity contribution in [3.8, 4) is 0 Å². The molecule has 0 aromatic rings. The van der Waals surface area contributed by atoms with Crippen LogP contribution >= 0.6 is 12.4 Å². The van der Waals surface area contributed by atoms with Crippen LogP contribution in [-0.4, -0.2) is 43.0 Å². The Bertz CT molecular complexity index is 370. The van der Waals surface area contributed by atoms with E-state index in [1.807, 2.05) is 11.8 Å². The van der Waals surface area contributed by atoms with E-state index in [0.29, 0.717) is 19.7 Å². The third-order valence-electron chi connectivity index (χ3n) is 4.73. The summed E-state index contributed by atoms with van der Waals surface area (Å²) < 4.78 is 5.08. The fourth-order valence-corrected chi connectivity index (χ4v) is 3.51. The molecule has 0 spiro atoms. The second-order valence-corrected chi connectivity index (χ2v) is 6.03. The molecule has 1 aliphatic heterocycles. The van der Waals surface area contributed by atoms with Crippen LogP contribution in [0.4, 0.5) is 0 Å².